The Kier molecular flexibility index (Phi) is 4.53. The quantitative estimate of drug-likeness (QED) is 0.775. The van der Waals surface area contributed by atoms with Gasteiger partial charge in [-0.25, -0.2) is 0 Å². The molecule has 2 nitrogen and oxygen atoms in total. The molecule has 0 radical (unpaired) electrons. The summed E-state index contributed by atoms with van der Waals surface area (Å²) in [6, 6.07) is 0. The lowest BCUT2D eigenvalue weighted by Crippen LogP contribution is -2.43. The summed E-state index contributed by atoms with van der Waals surface area (Å²) in [5, 5.41) is 10.2. The molecule has 2 atom stereocenters. The molecule has 0 aliphatic carbocycles. The van der Waals surface area contributed by atoms with Gasteiger partial charge >= 0.3 is 0 Å². The minimum absolute atomic E-state index is 0.228. The lowest BCUT2D eigenvalue weighted by atomic mass is 9.96. The van der Waals surface area contributed by atoms with Crippen LogP contribution in [0.25, 0.3) is 0 Å². The van der Waals surface area contributed by atoms with Crippen LogP contribution in [0.1, 0.15) is 13.3 Å². The SMILES string of the molecule is CC1CCN(CC(Cl)=CCl)CC1O. The second-order valence-electron chi connectivity index (χ2n) is 3.62. The molecule has 0 bridgehead atoms. The largest absolute Gasteiger partial charge is 0.392 e. The number of hydrogen-bond donors (Lipinski definition) is 1. The topological polar surface area (TPSA) is 23.5 Å². The van der Waals surface area contributed by atoms with E-state index in [1.54, 1.807) is 0 Å². The molecule has 0 spiro atoms. The van der Waals surface area contributed by atoms with Gasteiger partial charge in [-0.15, -0.1) is 0 Å². The Bertz CT molecular complexity index is 196. The van der Waals surface area contributed by atoms with Crippen LogP contribution in [-0.4, -0.2) is 35.7 Å². The van der Waals surface area contributed by atoms with Gasteiger partial charge in [0.1, 0.15) is 0 Å². The third kappa shape index (κ3) is 3.47. The van der Waals surface area contributed by atoms with Crippen molar-refractivity contribution in [1.29, 1.82) is 0 Å². The van der Waals surface area contributed by atoms with Crippen LogP contribution in [0.3, 0.4) is 0 Å². The molecule has 1 N–H and O–H groups in total. The first-order chi connectivity index (χ1) is 6.13. The molecule has 4 heteroatoms. The minimum atomic E-state index is -0.228. The van der Waals surface area contributed by atoms with E-state index < -0.39 is 0 Å². The third-order valence-corrected chi connectivity index (χ3v) is 3.10. The molecular formula is C9H15Cl2NO. The summed E-state index contributed by atoms with van der Waals surface area (Å²) < 4.78 is 0. The van der Waals surface area contributed by atoms with Gasteiger partial charge in [0.15, 0.2) is 0 Å². The van der Waals surface area contributed by atoms with Crippen LogP contribution < -0.4 is 0 Å². The molecule has 1 saturated heterocycles. The van der Waals surface area contributed by atoms with Crippen molar-refractivity contribution in [2.45, 2.75) is 19.4 Å². The van der Waals surface area contributed by atoms with E-state index in [9.17, 15) is 5.11 Å². The summed E-state index contributed by atoms with van der Waals surface area (Å²) in [7, 11) is 0. The maximum atomic E-state index is 9.60. The molecule has 0 aromatic rings. The molecule has 1 rings (SSSR count). The molecule has 0 saturated carbocycles. The van der Waals surface area contributed by atoms with Crippen LogP contribution in [-0.2, 0) is 0 Å². The van der Waals surface area contributed by atoms with E-state index >= 15 is 0 Å². The Morgan fingerprint density at radius 2 is 2.38 bits per heavy atom. The first-order valence-electron chi connectivity index (χ1n) is 4.48. The number of aliphatic hydroxyl groups excluding tert-OH is 1. The van der Waals surface area contributed by atoms with Gasteiger partial charge in [-0.1, -0.05) is 30.1 Å². The van der Waals surface area contributed by atoms with Crippen molar-refractivity contribution in [3.8, 4) is 0 Å². The molecule has 1 aliphatic rings. The average Bonchev–Trinajstić information content (AvgIpc) is 2.11. The van der Waals surface area contributed by atoms with Gasteiger partial charge in [0.05, 0.1) is 6.10 Å². The number of aliphatic hydroxyl groups is 1. The zero-order valence-electron chi connectivity index (χ0n) is 7.71. The Morgan fingerprint density at radius 1 is 1.69 bits per heavy atom. The first-order valence-corrected chi connectivity index (χ1v) is 5.30. The van der Waals surface area contributed by atoms with Gasteiger partial charge in [-0.2, -0.15) is 0 Å². The van der Waals surface area contributed by atoms with E-state index in [0.29, 0.717) is 24.0 Å². The number of β-amino-alcohol motifs (C(OH)–C–C–N with tert-alkyl or cyclic N) is 1. The zero-order valence-corrected chi connectivity index (χ0v) is 9.22. The molecule has 13 heavy (non-hydrogen) atoms. The highest BCUT2D eigenvalue weighted by atomic mass is 35.5. The fraction of sp³-hybridized carbons (Fsp3) is 0.778. The highest BCUT2D eigenvalue weighted by Crippen LogP contribution is 2.18. The van der Waals surface area contributed by atoms with E-state index in [4.69, 9.17) is 23.2 Å². The standard InChI is InChI=1S/C9H15Cl2NO/c1-7-2-3-12(6-9(7)13)5-8(11)4-10/h4,7,9,13H,2-3,5-6H2,1H3. The van der Waals surface area contributed by atoms with Crippen LogP contribution in [0.4, 0.5) is 0 Å². The number of hydrogen-bond acceptors (Lipinski definition) is 2. The fourth-order valence-electron chi connectivity index (χ4n) is 1.51. The smallest absolute Gasteiger partial charge is 0.0693 e. The Hall–Kier alpha value is 0.240. The van der Waals surface area contributed by atoms with Gasteiger partial charge in [0, 0.05) is 23.7 Å². The van der Waals surface area contributed by atoms with Crippen LogP contribution in [0.5, 0.6) is 0 Å². The Morgan fingerprint density at radius 3 is 2.92 bits per heavy atom. The van der Waals surface area contributed by atoms with Gasteiger partial charge in [-0.05, 0) is 18.9 Å². The van der Waals surface area contributed by atoms with E-state index in [1.165, 1.54) is 5.54 Å². The monoisotopic (exact) mass is 223 g/mol. The second-order valence-corrected chi connectivity index (χ2v) is 4.33. The fourth-order valence-corrected chi connectivity index (χ4v) is 1.74. The summed E-state index contributed by atoms with van der Waals surface area (Å²) in [6.07, 6.45) is 0.793. The van der Waals surface area contributed by atoms with Crippen molar-refractivity contribution in [2.75, 3.05) is 19.6 Å². The lowest BCUT2D eigenvalue weighted by molar-refractivity contribution is 0.0339. The summed E-state index contributed by atoms with van der Waals surface area (Å²) in [5.41, 5.74) is 1.38. The number of piperidine rings is 1. The Balaban J connectivity index is 2.37. The molecule has 0 aromatic heterocycles. The highest BCUT2D eigenvalue weighted by molar-refractivity contribution is 6.36. The lowest BCUT2D eigenvalue weighted by Gasteiger charge is -2.33. The van der Waals surface area contributed by atoms with E-state index in [0.717, 1.165) is 13.0 Å². The summed E-state index contributed by atoms with van der Waals surface area (Å²) in [6.45, 7) is 4.40. The van der Waals surface area contributed by atoms with Crippen LogP contribution in [0, 0.1) is 5.92 Å². The zero-order chi connectivity index (χ0) is 9.84. The Labute approximate surface area is 89.1 Å². The molecule has 0 amide bonds. The van der Waals surface area contributed by atoms with Crippen molar-refractivity contribution < 1.29 is 5.11 Å². The normalized spacial score (nSPS) is 32.2. The summed E-state index contributed by atoms with van der Waals surface area (Å²) >= 11 is 11.2. The number of rotatable bonds is 2. The molecule has 2 unspecified atom stereocenters. The van der Waals surface area contributed by atoms with Crippen molar-refractivity contribution in [2.24, 2.45) is 5.92 Å². The van der Waals surface area contributed by atoms with Crippen LogP contribution in [0.15, 0.2) is 10.6 Å². The van der Waals surface area contributed by atoms with Crippen LogP contribution in [0.2, 0.25) is 0 Å². The van der Waals surface area contributed by atoms with E-state index in [1.807, 2.05) is 0 Å². The predicted molar refractivity (Wildman–Crippen MR) is 56.0 cm³/mol. The maximum absolute atomic E-state index is 9.60. The van der Waals surface area contributed by atoms with Gasteiger partial charge in [0.25, 0.3) is 0 Å². The third-order valence-electron chi connectivity index (χ3n) is 2.50. The molecule has 0 aromatic carbocycles. The number of halogens is 2. The number of likely N-dealkylation sites (tertiary alicyclic amines) is 1. The molecule has 76 valence electrons. The van der Waals surface area contributed by atoms with E-state index in [2.05, 4.69) is 11.8 Å². The predicted octanol–water partition coefficient (Wildman–Crippen LogP) is 2.01. The molecular weight excluding hydrogens is 209 g/mol. The molecule has 1 fully saturated rings. The van der Waals surface area contributed by atoms with Gasteiger partial charge in [-0.3, -0.25) is 4.90 Å². The van der Waals surface area contributed by atoms with Gasteiger partial charge < -0.3 is 5.11 Å². The van der Waals surface area contributed by atoms with Gasteiger partial charge in [0.2, 0.25) is 0 Å². The second kappa shape index (κ2) is 5.20. The van der Waals surface area contributed by atoms with Crippen LogP contribution >= 0.6 is 23.2 Å². The maximum Gasteiger partial charge on any atom is 0.0693 e. The molecule has 1 aliphatic heterocycles. The van der Waals surface area contributed by atoms with Crippen molar-refractivity contribution in [1.82, 2.24) is 4.90 Å². The highest BCUT2D eigenvalue weighted by Gasteiger charge is 2.24. The average molecular weight is 224 g/mol. The van der Waals surface area contributed by atoms with E-state index in [-0.39, 0.29) is 6.10 Å². The van der Waals surface area contributed by atoms with Crippen molar-refractivity contribution >= 4 is 23.2 Å². The minimum Gasteiger partial charge on any atom is -0.392 e. The van der Waals surface area contributed by atoms with Crippen molar-refractivity contribution in [3.63, 3.8) is 0 Å². The summed E-state index contributed by atoms with van der Waals surface area (Å²) in [4.78, 5) is 2.12. The van der Waals surface area contributed by atoms with Crippen molar-refractivity contribution in [3.05, 3.63) is 10.6 Å². The first kappa shape index (κ1) is 11.3. The molecule has 1 heterocycles. The number of nitrogens with zero attached hydrogens (tertiary/aromatic N) is 1. The summed E-state index contributed by atoms with van der Waals surface area (Å²) in [5.74, 6) is 0.398.